The van der Waals surface area contributed by atoms with Gasteiger partial charge in [-0.2, -0.15) is 0 Å². The molecule has 0 saturated heterocycles. The molecule has 0 atom stereocenters. The highest BCUT2D eigenvalue weighted by Crippen LogP contribution is 2.28. The summed E-state index contributed by atoms with van der Waals surface area (Å²) in [5.41, 5.74) is 3.43. The van der Waals surface area contributed by atoms with E-state index < -0.39 is 10.2 Å². The van der Waals surface area contributed by atoms with Crippen LogP contribution in [0.2, 0.25) is 0 Å². The molecule has 0 bridgehead atoms. The van der Waals surface area contributed by atoms with Crippen LogP contribution in [0.3, 0.4) is 0 Å². The Kier molecular flexibility index (Phi) is 8.19. The molecule has 0 aliphatic heterocycles. The summed E-state index contributed by atoms with van der Waals surface area (Å²) in [6.07, 6.45) is 1.92. The number of aryl methyl sites for hydroxylation is 1. The maximum atomic E-state index is 8.49. The Balaban J connectivity index is 0.000000465. The molecule has 1 aromatic heterocycles. The van der Waals surface area contributed by atoms with Gasteiger partial charge in [-0.1, -0.05) is 36.4 Å². The topological polar surface area (TPSA) is 104 Å². The summed E-state index contributed by atoms with van der Waals surface area (Å²) >= 11 is 5.84. The van der Waals surface area contributed by atoms with Crippen LogP contribution >= 0.6 is 11.6 Å². The van der Waals surface area contributed by atoms with E-state index in [9.17, 15) is 0 Å². The van der Waals surface area contributed by atoms with E-state index in [-0.39, 0.29) is 0 Å². The molecule has 0 amide bonds. The third-order valence-electron chi connectivity index (χ3n) is 3.57. The van der Waals surface area contributed by atoms with Crippen LogP contribution in [0, 0.1) is 10.2 Å². The van der Waals surface area contributed by atoms with Crippen LogP contribution in [0.5, 0.6) is 0 Å². The number of rotatable bonds is 5. The molecule has 0 aliphatic carbocycles. The molecular formula is C20H18Cl2O5. The average molecular weight is 409 g/mol. The number of hydrogen-bond acceptors (Lipinski definition) is 4. The lowest BCUT2D eigenvalue weighted by Crippen LogP contribution is -2.68. The molecule has 0 unspecified atom stereocenters. The zero-order valence-corrected chi connectivity index (χ0v) is 15.9. The third kappa shape index (κ3) is 8.05. The number of halogens is 2. The van der Waals surface area contributed by atoms with Crippen LogP contribution < -0.4 is 18.6 Å². The Labute approximate surface area is 164 Å². The summed E-state index contributed by atoms with van der Waals surface area (Å²) in [6.45, 7) is 0. The van der Waals surface area contributed by atoms with Crippen LogP contribution in [-0.2, 0) is 6.42 Å². The average Bonchev–Trinajstić information content (AvgIpc) is 2.66. The van der Waals surface area contributed by atoms with E-state index in [1.54, 1.807) is 0 Å². The molecule has 3 aromatic rings. The monoisotopic (exact) mass is 408 g/mol. The van der Waals surface area contributed by atoms with Crippen molar-refractivity contribution in [3.63, 3.8) is 0 Å². The van der Waals surface area contributed by atoms with Crippen LogP contribution in [0.4, 0.5) is 0 Å². The molecule has 2 aromatic carbocycles. The molecule has 0 radical (unpaired) electrons. The van der Waals surface area contributed by atoms with Crippen molar-refractivity contribution >= 4 is 11.6 Å². The fourth-order valence-electron chi connectivity index (χ4n) is 2.46. The van der Waals surface area contributed by atoms with E-state index in [0.29, 0.717) is 5.88 Å². The van der Waals surface area contributed by atoms with Crippen molar-refractivity contribution < 1.29 is 33.3 Å². The lowest BCUT2D eigenvalue weighted by atomic mass is 10.0. The van der Waals surface area contributed by atoms with E-state index >= 15 is 0 Å². The van der Waals surface area contributed by atoms with Gasteiger partial charge in [0.05, 0.1) is 11.1 Å². The summed E-state index contributed by atoms with van der Waals surface area (Å²) in [7, 11) is -4.94. The van der Waals surface area contributed by atoms with Gasteiger partial charge >= 0.3 is 11.5 Å². The number of benzene rings is 2. The first-order chi connectivity index (χ1) is 12.9. The van der Waals surface area contributed by atoms with Gasteiger partial charge < -0.3 is 0 Å². The van der Waals surface area contributed by atoms with Crippen molar-refractivity contribution in [2.75, 3.05) is 5.88 Å². The second-order valence-electron chi connectivity index (χ2n) is 5.60. The Morgan fingerprint density at radius 2 is 1.15 bits per heavy atom. The molecule has 0 fully saturated rings. The van der Waals surface area contributed by atoms with Gasteiger partial charge in [0.15, 0.2) is 0 Å². The van der Waals surface area contributed by atoms with E-state index in [4.69, 9.17) is 34.7 Å². The Morgan fingerprint density at radius 3 is 1.52 bits per heavy atom. The largest absolute Gasteiger partial charge is 0.361 e. The highest BCUT2D eigenvalue weighted by Gasteiger charge is 2.19. The standard InChI is InChI=1S/C20H18ClO.ClHO4/c21-13-7-8-16-14-19(17-9-3-1-4-10-17)22-20(15-16)18-11-5-2-6-12-18;2-1(3,4)5/h1-6,9-12,14-15H,7-8,13H2;(H,2,3,4,5)/q+1;/p-1. The summed E-state index contributed by atoms with van der Waals surface area (Å²) in [5.74, 6) is 2.46. The maximum Gasteiger partial charge on any atom is 0.361 e. The van der Waals surface area contributed by atoms with Crippen molar-refractivity contribution in [1.82, 2.24) is 0 Å². The molecule has 142 valence electrons. The Bertz CT molecular complexity index is 757. The molecular weight excluding hydrogens is 391 g/mol. The van der Waals surface area contributed by atoms with Gasteiger partial charge in [-0.3, -0.25) is 0 Å². The number of alkyl halides is 1. The number of hydrogen-bond donors (Lipinski definition) is 0. The quantitative estimate of drug-likeness (QED) is 0.467. The smallest absolute Gasteiger partial charge is 0.222 e. The van der Waals surface area contributed by atoms with Gasteiger partial charge in [0.2, 0.25) is 0 Å². The SMILES string of the molecule is ClCCCc1cc(-c2ccccc2)[o+]c(-c2ccccc2)c1.[O-][Cl+3]([O-])([O-])[O-]. The first-order valence-electron chi connectivity index (χ1n) is 8.12. The van der Waals surface area contributed by atoms with Gasteiger partial charge in [0.1, 0.15) is 0 Å². The van der Waals surface area contributed by atoms with E-state index in [1.165, 1.54) is 5.56 Å². The first-order valence-corrected chi connectivity index (χ1v) is 9.89. The highest BCUT2D eigenvalue weighted by molar-refractivity contribution is 6.17. The molecule has 0 spiro atoms. The molecule has 0 aliphatic rings. The molecule has 0 N–H and O–H groups in total. The van der Waals surface area contributed by atoms with Gasteiger partial charge in [-0.05, 0) is 42.7 Å². The second kappa shape index (κ2) is 10.4. The zero-order chi connectivity index (χ0) is 19.7. The zero-order valence-electron chi connectivity index (χ0n) is 14.3. The van der Waals surface area contributed by atoms with Gasteiger partial charge in [0, 0.05) is 18.0 Å². The molecule has 0 saturated carbocycles. The second-order valence-corrected chi connectivity index (χ2v) is 6.73. The Hall–Kier alpha value is -1.99. The van der Waals surface area contributed by atoms with Crippen molar-refractivity contribution in [2.45, 2.75) is 12.8 Å². The Morgan fingerprint density at radius 1 is 0.741 bits per heavy atom. The van der Waals surface area contributed by atoms with Crippen LogP contribution in [0.15, 0.2) is 77.2 Å². The van der Waals surface area contributed by atoms with Crippen molar-refractivity contribution in [3.8, 4) is 22.6 Å². The normalized spacial score (nSPS) is 10.9. The van der Waals surface area contributed by atoms with E-state index in [2.05, 4.69) is 36.4 Å². The minimum absolute atomic E-state index is 0.674. The van der Waals surface area contributed by atoms with E-state index in [0.717, 1.165) is 35.5 Å². The summed E-state index contributed by atoms with van der Waals surface area (Å²) in [5, 5.41) is 0. The van der Waals surface area contributed by atoms with Crippen LogP contribution in [0.1, 0.15) is 12.0 Å². The molecule has 3 rings (SSSR count). The minimum Gasteiger partial charge on any atom is -0.222 e. The summed E-state index contributed by atoms with van der Waals surface area (Å²) < 4.78 is 40.1. The summed E-state index contributed by atoms with van der Waals surface area (Å²) in [4.78, 5) is 0. The van der Waals surface area contributed by atoms with Crippen LogP contribution in [0.25, 0.3) is 22.6 Å². The van der Waals surface area contributed by atoms with Gasteiger partial charge in [-0.15, -0.1) is 21.8 Å². The fraction of sp³-hybridized carbons (Fsp3) is 0.150. The predicted octanol–water partition coefficient (Wildman–Crippen LogP) is 1.31. The molecule has 1 heterocycles. The molecule has 7 heteroatoms. The van der Waals surface area contributed by atoms with Crippen molar-refractivity contribution in [3.05, 3.63) is 78.4 Å². The maximum absolute atomic E-state index is 8.49. The molecule has 5 nitrogen and oxygen atoms in total. The first kappa shape index (κ1) is 21.3. The van der Waals surface area contributed by atoms with E-state index in [1.807, 2.05) is 36.4 Å². The van der Waals surface area contributed by atoms with Crippen LogP contribution in [-0.4, -0.2) is 5.88 Å². The lowest BCUT2D eigenvalue weighted by molar-refractivity contribution is -2.00. The van der Waals surface area contributed by atoms with Crippen molar-refractivity contribution in [1.29, 1.82) is 0 Å². The van der Waals surface area contributed by atoms with Crippen molar-refractivity contribution in [2.24, 2.45) is 0 Å². The minimum atomic E-state index is -4.94. The van der Waals surface area contributed by atoms with Gasteiger partial charge in [-0.25, -0.2) is 23.1 Å². The summed E-state index contributed by atoms with van der Waals surface area (Å²) in [6, 6.07) is 24.6. The highest BCUT2D eigenvalue weighted by atomic mass is 35.7. The van der Waals surface area contributed by atoms with Gasteiger partial charge in [0.25, 0.3) is 0 Å². The molecule has 27 heavy (non-hydrogen) atoms. The predicted molar refractivity (Wildman–Crippen MR) is 93.0 cm³/mol. The lowest BCUT2D eigenvalue weighted by Gasteiger charge is -2.17. The fourth-order valence-corrected chi connectivity index (χ4v) is 2.59. The third-order valence-corrected chi connectivity index (χ3v) is 3.84.